The Kier molecular flexibility index (Phi) is 4.60. The van der Waals surface area contributed by atoms with Crippen molar-refractivity contribution in [2.45, 2.75) is 19.9 Å². The molecule has 0 atom stereocenters. The minimum atomic E-state index is 0.839. The van der Waals surface area contributed by atoms with E-state index in [2.05, 4.69) is 36.5 Å². The standard InChI is InChI=1S/C14H16ClNS/c1-11-4-2-3-5-12(11)6-7-16-9-14-8-13(15)10-17-14/h2-5,8,10,16H,6-7,9H2,1H3. The molecule has 3 heteroatoms. The van der Waals surface area contributed by atoms with E-state index in [1.165, 1.54) is 16.0 Å². The minimum Gasteiger partial charge on any atom is -0.312 e. The van der Waals surface area contributed by atoms with Crippen LogP contribution >= 0.6 is 22.9 Å². The highest BCUT2D eigenvalue weighted by atomic mass is 35.5. The van der Waals surface area contributed by atoms with Crippen LogP contribution in [0, 0.1) is 6.92 Å². The number of nitrogens with one attached hydrogen (secondary N) is 1. The Labute approximate surface area is 111 Å². The van der Waals surface area contributed by atoms with Gasteiger partial charge in [-0.2, -0.15) is 0 Å². The van der Waals surface area contributed by atoms with E-state index in [1.807, 2.05) is 11.4 Å². The molecule has 0 bridgehead atoms. The van der Waals surface area contributed by atoms with Crippen molar-refractivity contribution in [2.24, 2.45) is 0 Å². The first-order valence-electron chi connectivity index (χ1n) is 5.74. The molecule has 0 saturated heterocycles. The molecule has 1 heterocycles. The molecule has 0 aliphatic carbocycles. The van der Waals surface area contributed by atoms with Crippen LogP contribution in [0.4, 0.5) is 0 Å². The van der Waals surface area contributed by atoms with Gasteiger partial charge in [0.15, 0.2) is 0 Å². The summed E-state index contributed by atoms with van der Waals surface area (Å²) in [4.78, 5) is 1.29. The molecule has 0 aliphatic heterocycles. The Morgan fingerprint density at radius 1 is 1.29 bits per heavy atom. The van der Waals surface area contributed by atoms with Crippen molar-refractivity contribution in [3.63, 3.8) is 0 Å². The molecule has 0 amide bonds. The van der Waals surface area contributed by atoms with E-state index >= 15 is 0 Å². The van der Waals surface area contributed by atoms with Gasteiger partial charge in [0.1, 0.15) is 0 Å². The van der Waals surface area contributed by atoms with Gasteiger partial charge in [0, 0.05) is 16.8 Å². The number of thiophene rings is 1. The molecule has 1 aromatic heterocycles. The van der Waals surface area contributed by atoms with E-state index in [1.54, 1.807) is 11.3 Å². The van der Waals surface area contributed by atoms with Crippen molar-refractivity contribution in [3.8, 4) is 0 Å². The summed E-state index contributed by atoms with van der Waals surface area (Å²) in [6.45, 7) is 4.07. The summed E-state index contributed by atoms with van der Waals surface area (Å²) in [5.41, 5.74) is 2.79. The molecular weight excluding hydrogens is 250 g/mol. The van der Waals surface area contributed by atoms with Crippen LogP contribution in [0.2, 0.25) is 5.02 Å². The largest absolute Gasteiger partial charge is 0.312 e. The molecule has 0 unspecified atom stereocenters. The molecule has 2 aromatic rings. The molecule has 17 heavy (non-hydrogen) atoms. The topological polar surface area (TPSA) is 12.0 Å². The van der Waals surface area contributed by atoms with Gasteiger partial charge >= 0.3 is 0 Å². The first-order valence-corrected chi connectivity index (χ1v) is 6.99. The lowest BCUT2D eigenvalue weighted by Gasteiger charge is -2.06. The average Bonchev–Trinajstić information content (AvgIpc) is 2.73. The molecule has 0 spiro atoms. The maximum atomic E-state index is 5.87. The van der Waals surface area contributed by atoms with E-state index < -0.39 is 0 Å². The first-order chi connectivity index (χ1) is 8.25. The fraction of sp³-hybridized carbons (Fsp3) is 0.286. The third kappa shape index (κ3) is 3.84. The maximum absolute atomic E-state index is 5.87. The van der Waals surface area contributed by atoms with Gasteiger partial charge in [-0.1, -0.05) is 35.9 Å². The Bertz CT molecular complexity index is 479. The summed E-state index contributed by atoms with van der Waals surface area (Å²) >= 11 is 7.58. The number of aryl methyl sites for hydroxylation is 1. The number of benzene rings is 1. The van der Waals surface area contributed by atoms with Gasteiger partial charge in [-0.3, -0.25) is 0 Å². The fourth-order valence-electron chi connectivity index (χ4n) is 1.77. The monoisotopic (exact) mass is 265 g/mol. The van der Waals surface area contributed by atoms with Gasteiger partial charge in [-0.15, -0.1) is 11.3 Å². The molecule has 0 fully saturated rings. The van der Waals surface area contributed by atoms with Crippen LogP contribution in [0.1, 0.15) is 16.0 Å². The number of hydrogen-bond acceptors (Lipinski definition) is 2. The molecule has 2 rings (SSSR count). The summed E-state index contributed by atoms with van der Waals surface area (Å²) in [6, 6.07) is 10.6. The third-order valence-corrected chi connectivity index (χ3v) is 4.04. The van der Waals surface area contributed by atoms with Crippen molar-refractivity contribution >= 4 is 22.9 Å². The summed E-state index contributed by atoms with van der Waals surface area (Å²) in [7, 11) is 0. The second kappa shape index (κ2) is 6.20. The first kappa shape index (κ1) is 12.6. The zero-order chi connectivity index (χ0) is 12.1. The van der Waals surface area contributed by atoms with Crippen LogP contribution in [0.5, 0.6) is 0 Å². The molecular formula is C14H16ClNS. The van der Waals surface area contributed by atoms with E-state index in [9.17, 15) is 0 Å². The summed E-state index contributed by atoms with van der Waals surface area (Å²) in [5, 5.41) is 6.25. The highest BCUT2D eigenvalue weighted by molar-refractivity contribution is 7.10. The van der Waals surface area contributed by atoms with Gasteiger partial charge in [0.05, 0.1) is 5.02 Å². The molecule has 0 aliphatic rings. The summed E-state index contributed by atoms with van der Waals surface area (Å²) in [5.74, 6) is 0. The van der Waals surface area contributed by atoms with Gasteiger partial charge in [-0.05, 0) is 37.1 Å². The SMILES string of the molecule is Cc1ccccc1CCNCc1cc(Cl)cs1. The van der Waals surface area contributed by atoms with Crippen molar-refractivity contribution in [1.82, 2.24) is 5.32 Å². The maximum Gasteiger partial charge on any atom is 0.0516 e. The predicted molar refractivity (Wildman–Crippen MR) is 75.9 cm³/mol. The van der Waals surface area contributed by atoms with Crippen LogP contribution < -0.4 is 5.32 Å². The Hall–Kier alpha value is -0.830. The molecule has 1 N–H and O–H groups in total. The lowest BCUT2D eigenvalue weighted by Crippen LogP contribution is -2.16. The Balaban J connectivity index is 1.75. The van der Waals surface area contributed by atoms with Crippen molar-refractivity contribution < 1.29 is 0 Å². The molecule has 1 nitrogen and oxygen atoms in total. The minimum absolute atomic E-state index is 0.839. The Morgan fingerprint density at radius 2 is 2.12 bits per heavy atom. The normalized spacial score (nSPS) is 10.7. The zero-order valence-electron chi connectivity index (χ0n) is 9.87. The second-order valence-electron chi connectivity index (χ2n) is 4.08. The van der Waals surface area contributed by atoms with Gasteiger partial charge < -0.3 is 5.32 Å². The van der Waals surface area contributed by atoms with E-state index in [-0.39, 0.29) is 0 Å². The molecule has 1 aromatic carbocycles. The van der Waals surface area contributed by atoms with Crippen molar-refractivity contribution in [2.75, 3.05) is 6.54 Å². The van der Waals surface area contributed by atoms with Crippen LogP contribution in [0.3, 0.4) is 0 Å². The fourth-order valence-corrected chi connectivity index (χ4v) is 2.81. The van der Waals surface area contributed by atoms with Crippen molar-refractivity contribution in [3.05, 3.63) is 56.7 Å². The van der Waals surface area contributed by atoms with Gasteiger partial charge in [0.2, 0.25) is 0 Å². The molecule has 0 saturated carbocycles. The number of halogens is 1. The average molecular weight is 266 g/mol. The van der Waals surface area contributed by atoms with Crippen LogP contribution in [0.15, 0.2) is 35.7 Å². The predicted octanol–water partition coefficient (Wildman–Crippen LogP) is 4.04. The van der Waals surface area contributed by atoms with Crippen LogP contribution in [-0.2, 0) is 13.0 Å². The molecule has 0 radical (unpaired) electrons. The van der Waals surface area contributed by atoms with Crippen LogP contribution in [0.25, 0.3) is 0 Å². The van der Waals surface area contributed by atoms with Gasteiger partial charge in [-0.25, -0.2) is 0 Å². The smallest absolute Gasteiger partial charge is 0.0516 e. The Morgan fingerprint density at radius 3 is 2.82 bits per heavy atom. The molecule has 90 valence electrons. The second-order valence-corrected chi connectivity index (χ2v) is 5.52. The van der Waals surface area contributed by atoms with E-state index in [4.69, 9.17) is 11.6 Å². The lowest BCUT2D eigenvalue weighted by molar-refractivity contribution is 0.692. The van der Waals surface area contributed by atoms with E-state index in [0.29, 0.717) is 0 Å². The lowest BCUT2D eigenvalue weighted by atomic mass is 10.1. The summed E-state index contributed by atoms with van der Waals surface area (Å²) < 4.78 is 0. The summed E-state index contributed by atoms with van der Waals surface area (Å²) in [6.07, 6.45) is 1.08. The quantitative estimate of drug-likeness (QED) is 0.805. The van der Waals surface area contributed by atoms with Crippen LogP contribution in [-0.4, -0.2) is 6.54 Å². The number of rotatable bonds is 5. The zero-order valence-corrected chi connectivity index (χ0v) is 11.4. The number of hydrogen-bond donors (Lipinski definition) is 1. The highest BCUT2D eigenvalue weighted by Crippen LogP contribution is 2.18. The van der Waals surface area contributed by atoms with Crippen molar-refractivity contribution in [1.29, 1.82) is 0 Å². The highest BCUT2D eigenvalue weighted by Gasteiger charge is 1.99. The van der Waals surface area contributed by atoms with E-state index in [0.717, 1.165) is 24.5 Å². The third-order valence-electron chi connectivity index (χ3n) is 2.75. The van der Waals surface area contributed by atoms with Gasteiger partial charge in [0.25, 0.3) is 0 Å².